The van der Waals surface area contributed by atoms with Gasteiger partial charge in [0, 0.05) is 7.11 Å². The molecule has 0 spiro atoms. The minimum absolute atomic E-state index is 0.00463. The van der Waals surface area contributed by atoms with E-state index in [1.54, 1.807) is 13.8 Å². The van der Waals surface area contributed by atoms with Crippen LogP contribution in [0.5, 0.6) is 0 Å². The Morgan fingerprint density at radius 2 is 1.78 bits per heavy atom. The zero-order chi connectivity index (χ0) is 7.86. The van der Waals surface area contributed by atoms with Gasteiger partial charge in [0.15, 0.2) is 0 Å². The minimum atomic E-state index is -0.153. The summed E-state index contributed by atoms with van der Waals surface area (Å²) in [7, 11) is 2.39. The summed E-state index contributed by atoms with van der Waals surface area (Å²) in [4.78, 5) is 10.3. The van der Waals surface area contributed by atoms with Gasteiger partial charge in [0.1, 0.15) is 0 Å². The molecule has 0 aliphatic heterocycles. The number of rotatable bonds is 1. The van der Waals surface area contributed by atoms with Crippen molar-refractivity contribution in [2.45, 2.75) is 13.8 Å². The molecule has 3 heteroatoms. The molecule has 0 unspecified atom stereocenters. The van der Waals surface area contributed by atoms with E-state index in [0.717, 1.165) is 7.11 Å². The average Bonchev–Trinajstić information content (AvgIpc) is 1.91. The van der Waals surface area contributed by atoms with E-state index in [-0.39, 0.29) is 11.9 Å². The summed E-state index contributed by atoms with van der Waals surface area (Å²) in [6.07, 6.45) is 0. The second kappa shape index (κ2) is 7.43. The normalized spacial score (nSPS) is 7.78. The molecule has 0 aromatic heterocycles. The van der Waals surface area contributed by atoms with E-state index in [1.807, 2.05) is 0 Å². The predicted octanol–water partition coefficient (Wildman–Crippen LogP) is 0.424. The molecule has 3 nitrogen and oxygen atoms in total. The molecule has 0 aromatic carbocycles. The lowest BCUT2D eigenvalue weighted by molar-refractivity contribution is -0.144. The van der Waals surface area contributed by atoms with Gasteiger partial charge >= 0.3 is 5.97 Å². The monoisotopic (exact) mass is 134 g/mol. The highest BCUT2D eigenvalue weighted by atomic mass is 16.5. The van der Waals surface area contributed by atoms with Gasteiger partial charge < -0.3 is 9.84 Å². The Balaban J connectivity index is 0. The van der Waals surface area contributed by atoms with E-state index >= 15 is 0 Å². The maximum absolute atomic E-state index is 10.3. The summed E-state index contributed by atoms with van der Waals surface area (Å²) in [5.74, 6) is -0.148. The van der Waals surface area contributed by atoms with Crippen LogP contribution >= 0.6 is 0 Å². The molecule has 56 valence electrons. The van der Waals surface area contributed by atoms with Crippen LogP contribution in [0.3, 0.4) is 0 Å². The lowest BCUT2D eigenvalue weighted by Gasteiger charge is -1.97. The first-order valence-electron chi connectivity index (χ1n) is 2.71. The van der Waals surface area contributed by atoms with Crippen molar-refractivity contribution < 1.29 is 14.6 Å². The zero-order valence-electron chi connectivity index (χ0n) is 6.34. The molecule has 0 amide bonds. The van der Waals surface area contributed by atoms with Crippen molar-refractivity contribution in [1.82, 2.24) is 0 Å². The Kier molecular flexibility index (Phi) is 9.29. The maximum atomic E-state index is 10.3. The second-order valence-corrected chi connectivity index (χ2v) is 1.68. The first kappa shape index (κ1) is 11.3. The number of esters is 1. The summed E-state index contributed by atoms with van der Waals surface area (Å²) >= 11 is 0. The topological polar surface area (TPSA) is 46.5 Å². The Labute approximate surface area is 55.6 Å². The van der Waals surface area contributed by atoms with Gasteiger partial charge in [-0.15, -0.1) is 0 Å². The van der Waals surface area contributed by atoms with E-state index in [4.69, 9.17) is 5.11 Å². The molecule has 0 rings (SSSR count). The number of hydrogen-bond acceptors (Lipinski definition) is 3. The van der Waals surface area contributed by atoms with Crippen LogP contribution in [0, 0.1) is 5.92 Å². The van der Waals surface area contributed by atoms with Crippen LogP contribution in [0.2, 0.25) is 0 Å². The van der Waals surface area contributed by atoms with Crippen LogP contribution in [-0.4, -0.2) is 25.3 Å². The summed E-state index contributed by atoms with van der Waals surface area (Å²) in [6, 6.07) is 0. The van der Waals surface area contributed by atoms with E-state index < -0.39 is 0 Å². The van der Waals surface area contributed by atoms with Crippen molar-refractivity contribution in [3.63, 3.8) is 0 Å². The fourth-order valence-electron chi connectivity index (χ4n) is 0.236. The van der Waals surface area contributed by atoms with Gasteiger partial charge in [-0.2, -0.15) is 0 Å². The lowest BCUT2D eigenvalue weighted by atomic mass is 10.2. The van der Waals surface area contributed by atoms with Gasteiger partial charge in [-0.05, 0) is 0 Å². The lowest BCUT2D eigenvalue weighted by Crippen LogP contribution is -2.07. The number of methoxy groups -OCH3 is 1. The highest BCUT2D eigenvalue weighted by molar-refractivity contribution is 5.71. The Morgan fingerprint density at radius 3 is 1.78 bits per heavy atom. The number of ether oxygens (including phenoxy) is 1. The van der Waals surface area contributed by atoms with Crippen LogP contribution in [0.15, 0.2) is 0 Å². The number of hydrogen-bond donors (Lipinski definition) is 1. The number of aliphatic hydroxyl groups excluding tert-OH is 1. The Bertz CT molecular complexity index is 68.7. The van der Waals surface area contributed by atoms with E-state index in [1.165, 1.54) is 7.11 Å². The summed E-state index contributed by atoms with van der Waals surface area (Å²) < 4.78 is 4.37. The second-order valence-electron chi connectivity index (χ2n) is 1.68. The molecule has 0 saturated carbocycles. The smallest absolute Gasteiger partial charge is 0.308 e. The van der Waals surface area contributed by atoms with Crippen LogP contribution in [0.1, 0.15) is 13.8 Å². The quantitative estimate of drug-likeness (QED) is 0.529. The molecule has 1 N–H and O–H groups in total. The van der Waals surface area contributed by atoms with Gasteiger partial charge in [0.2, 0.25) is 0 Å². The molecule has 0 heterocycles. The molecule has 0 aromatic rings. The highest BCUT2D eigenvalue weighted by Gasteiger charge is 2.03. The van der Waals surface area contributed by atoms with Crippen molar-refractivity contribution in [2.24, 2.45) is 5.92 Å². The molecule has 0 fully saturated rings. The van der Waals surface area contributed by atoms with Crippen molar-refractivity contribution in [3.05, 3.63) is 0 Å². The molecular weight excluding hydrogens is 120 g/mol. The third kappa shape index (κ3) is 7.43. The Hall–Kier alpha value is -0.570. The zero-order valence-corrected chi connectivity index (χ0v) is 6.34. The average molecular weight is 134 g/mol. The fraction of sp³-hybridized carbons (Fsp3) is 0.833. The summed E-state index contributed by atoms with van der Waals surface area (Å²) in [5.41, 5.74) is 0. The van der Waals surface area contributed by atoms with Crippen molar-refractivity contribution in [1.29, 1.82) is 0 Å². The fourth-order valence-corrected chi connectivity index (χ4v) is 0.236. The van der Waals surface area contributed by atoms with E-state index in [9.17, 15) is 4.79 Å². The standard InChI is InChI=1S/C5H10O2.CH4O/c1-4(2)5(6)7-3;1-2/h4H,1-3H3;2H,1H3. The molecule has 0 aliphatic rings. The largest absolute Gasteiger partial charge is 0.469 e. The molecule has 0 bridgehead atoms. The number of carbonyl (C=O) groups is 1. The van der Waals surface area contributed by atoms with Crippen molar-refractivity contribution >= 4 is 5.97 Å². The summed E-state index contributed by atoms with van der Waals surface area (Å²) in [6.45, 7) is 3.59. The molecule has 0 saturated heterocycles. The van der Waals surface area contributed by atoms with Crippen LogP contribution in [0.4, 0.5) is 0 Å². The minimum Gasteiger partial charge on any atom is -0.469 e. The van der Waals surface area contributed by atoms with Gasteiger partial charge in [-0.25, -0.2) is 0 Å². The van der Waals surface area contributed by atoms with Crippen LogP contribution in [0.25, 0.3) is 0 Å². The van der Waals surface area contributed by atoms with E-state index in [2.05, 4.69) is 4.74 Å². The van der Waals surface area contributed by atoms with Crippen molar-refractivity contribution in [3.8, 4) is 0 Å². The van der Waals surface area contributed by atoms with Gasteiger partial charge in [0.05, 0.1) is 13.0 Å². The molecule has 0 radical (unpaired) electrons. The van der Waals surface area contributed by atoms with Gasteiger partial charge in [-0.3, -0.25) is 4.79 Å². The van der Waals surface area contributed by atoms with Gasteiger partial charge in [-0.1, -0.05) is 13.8 Å². The summed E-state index contributed by atoms with van der Waals surface area (Å²) in [5, 5.41) is 7.00. The van der Waals surface area contributed by atoms with Gasteiger partial charge in [0.25, 0.3) is 0 Å². The third-order valence-corrected chi connectivity index (χ3v) is 0.673. The molecule has 0 atom stereocenters. The first-order valence-corrected chi connectivity index (χ1v) is 2.71. The maximum Gasteiger partial charge on any atom is 0.308 e. The van der Waals surface area contributed by atoms with Crippen molar-refractivity contribution in [2.75, 3.05) is 14.2 Å². The highest BCUT2D eigenvalue weighted by Crippen LogP contribution is 1.91. The molecule has 0 aliphatic carbocycles. The van der Waals surface area contributed by atoms with E-state index in [0.29, 0.717) is 0 Å². The number of aliphatic hydroxyl groups is 1. The van der Waals surface area contributed by atoms with Crippen LogP contribution < -0.4 is 0 Å². The van der Waals surface area contributed by atoms with Crippen LogP contribution in [-0.2, 0) is 9.53 Å². The predicted molar refractivity (Wildman–Crippen MR) is 35.0 cm³/mol. The number of carbonyl (C=O) groups excluding carboxylic acids is 1. The Morgan fingerprint density at radius 1 is 1.44 bits per heavy atom. The molecular formula is C6H14O3. The third-order valence-electron chi connectivity index (χ3n) is 0.673. The molecule has 9 heavy (non-hydrogen) atoms. The SMILES string of the molecule is CO.COC(=O)C(C)C. The first-order chi connectivity index (χ1) is 4.18.